The van der Waals surface area contributed by atoms with Gasteiger partial charge in [0.1, 0.15) is 11.5 Å². The molecular formula is C29H37FN6O7S. The Morgan fingerprint density at radius 3 is 2.59 bits per heavy atom. The second kappa shape index (κ2) is 14.0. The molecule has 0 amide bonds. The minimum atomic E-state index is -3.64. The van der Waals surface area contributed by atoms with E-state index in [1.165, 1.54) is 25.4 Å². The maximum Gasteiger partial charge on any atom is 0.303 e. The highest BCUT2D eigenvalue weighted by molar-refractivity contribution is 7.92. The van der Waals surface area contributed by atoms with Crippen LogP contribution in [0.25, 0.3) is 22.2 Å². The number of likely N-dealkylation sites (tertiary alicyclic amines) is 1. The molecule has 44 heavy (non-hydrogen) atoms. The summed E-state index contributed by atoms with van der Waals surface area (Å²) in [4.78, 5) is 29.1. The monoisotopic (exact) mass is 632 g/mol. The number of methoxy groups -OCH3 is 1. The summed E-state index contributed by atoms with van der Waals surface area (Å²) in [5, 5.41) is 9.31. The lowest BCUT2D eigenvalue weighted by Gasteiger charge is -2.32. The number of sulfonamides is 1. The van der Waals surface area contributed by atoms with E-state index in [9.17, 15) is 13.2 Å². The lowest BCUT2D eigenvalue weighted by Crippen LogP contribution is -2.37. The molecule has 13 nitrogen and oxygen atoms in total. The van der Waals surface area contributed by atoms with Crippen LogP contribution in [0.4, 0.5) is 16.0 Å². The molecule has 238 valence electrons. The van der Waals surface area contributed by atoms with Gasteiger partial charge in [-0.2, -0.15) is 0 Å². The van der Waals surface area contributed by atoms with Crippen molar-refractivity contribution >= 4 is 38.5 Å². The Kier molecular flexibility index (Phi) is 10.1. The van der Waals surface area contributed by atoms with Crippen molar-refractivity contribution < 1.29 is 36.9 Å². The Hall–Kier alpha value is -3.66. The molecule has 0 aliphatic carbocycles. The van der Waals surface area contributed by atoms with E-state index in [4.69, 9.17) is 29.3 Å². The molecule has 0 bridgehead atoms. The van der Waals surface area contributed by atoms with Crippen LogP contribution in [0.2, 0.25) is 0 Å². The number of morpholine rings is 1. The van der Waals surface area contributed by atoms with Crippen LogP contribution >= 0.6 is 0 Å². The average Bonchev–Trinajstić information content (AvgIpc) is 2.99. The highest BCUT2D eigenvalue weighted by Gasteiger charge is 2.24. The van der Waals surface area contributed by atoms with Crippen LogP contribution in [0, 0.1) is 5.82 Å². The van der Waals surface area contributed by atoms with Crippen LogP contribution in [0.1, 0.15) is 31.2 Å². The quantitative estimate of drug-likeness (QED) is 0.282. The molecule has 2 aliphatic rings. The van der Waals surface area contributed by atoms with Gasteiger partial charge in [-0.05, 0) is 43.0 Å². The highest BCUT2D eigenvalue weighted by Crippen LogP contribution is 2.35. The lowest BCUT2D eigenvalue weighted by molar-refractivity contribution is -0.137. The van der Waals surface area contributed by atoms with Gasteiger partial charge in [0, 0.05) is 62.9 Å². The molecule has 3 aromatic rings. The first-order valence-corrected chi connectivity index (χ1v) is 16.4. The van der Waals surface area contributed by atoms with Gasteiger partial charge in [-0.3, -0.25) is 14.4 Å². The molecule has 2 fully saturated rings. The van der Waals surface area contributed by atoms with E-state index in [1.807, 2.05) is 4.90 Å². The molecule has 0 atom stereocenters. The molecule has 0 spiro atoms. The van der Waals surface area contributed by atoms with Gasteiger partial charge in [0.25, 0.3) is 0 Å². The fourth-order valence-corrected chi connectivity index (χ4v) is 6.01. The molecule has 0 saturated carbocycles. The van der Waals surface area contributed by atoms with Gasteiger partial charge < -0.3 is 24.2 Å². The summed E-state index contributed by atoms with van der Waals surface area (Å²) in [6.07, 6.45) is 4.75. The molecule has 5 rings (SSSR count). The molecular weight excluding hydrogens is 595 g/mol. The zero-order valence-corrected chi connectivity index (χ0v) is 25.6. The number of aromatic nitrogens is 3. The van der Waals surface area contributed by atoms with Crippen LogP contribution in [0.15, 0.2) is 24.4 Å². The summed E-state index contributed by atoms with van der Waals surface area (Å²) < 4.78 is 58.4. The van der Waals surface area contributed by atoms with E-state index in [-0.39, 0.29) is 24.1 Å². The maximum absolute atomic E-state index is 15.2. The number of fused-ring (bicyclic) bond motifs is 1. The summed E-state index contributed by atoms with van der Waals surface area (Å²) in [6, 6.07) is 4.46. The second-order valence-electron chi connectivity index (χ2n) is 10.9. The fourth-order valence-electron chi connectivity index (χ4n) is 5.46. The van der Waals surface area contributed by atoms with Crippen molar-refractivity contribution in [2.24, 2.45) is 0 Å². The number of aliphatic carboxylic acids is 1. The van der Waals surface area contributed by atoms with Gasteiger partial charge >= 0.3 is 5.97 Å². The van der Waals surface area contributed by atoms with Gasteiger partial charge in [-0.15, -0.1) is 0 Å². The van der Waals surface area contributed by atoms with E-state index in [2.05, 4.69) is 14.6 Å². The number of pyridine rings is 1. The predicted octanol–water partition coefficient (Wildman–Crippen LogP) is 2.89. The highest BCUT2D eigenvalue weighted by atomic mass is 32.2. The number of nitrogens with one attached hydrogen (secondary N) is 1. The van der Waals surface area contributed by atoms with Crippen molar-refractivity contribution in [3.05, 3.63) is 35.8 Å². The van der Waals surface area contributed by atoms with Gasteiger partial charge in [-0.25, -0.2) is 27.8 Å². The average molecular weight is 633 g/mol. The third-order valence-corrected chi connectivity index (χ3v) is 8.15. The van der Waals surface area contributed by atoms with Crippen molar-refractivity contribution in [2.75, 3.05) is 69.0 Å². The number of halogens is 1. The lowest BCUT2D eigenvalue weighted by atomic mass is 10.0. The molecule has 4 heterocycles. The first-order chi connectivity index (χ1) is 21.1. The molecule has 2 N–H and O–H groups in total. The number of benzene rings is 1. The predicted molar refractivity (Wildman–Crippen MR) is 162 cm³/mol. The van der Waals surface area contributed by atoms with Crippen LogP contribution in [0.3, 0.4) is 0 Å². The van der Waals surface area contributed by atoms with Crippen molar-refractivity contribution in [1.29, 1.82) is 0 Å². The number of nitrogens with zero attached hydrogens (tertiary/aromatic N) is 5. The fraction of sp³-hybridized carbons (Fsp3) is 0.517. The van der Waals surface area contributed by atoms with Crippen molar-refractivity contribution in [3.8, 4) is 17.1 Å². The molecule has 15 heteroatoms. The molecule has 2 aliphatic heterocycles. The largest absolute Gasteiger partial charge is 0.481 e. The Balaban J connectivity index is 1.48. The zero-order chi connectivity index (χ0) is 31.3. The van der Waals surface area contributed by atoms with Crippen LogP contribution in [-0.2, 0) is 30.8 Å². The smallest absolute Gasteiger partial charge is 0.303 e. The Morgan fingerprint density at radius 1 is 1.16 bits per heavy atom. The molecule has 1 aromatic carbocycles. The Morgan fingerprint density at radius 2 is 1.91 bits per heavy atom. The SMILES string of the molecule is COc1ncc(-c2nc(N3CCOCC3)nc3c(CN4CCC(OCCCC(=O)O)CC4)cc(F)cc23)cc1NS(C)(=O)=O. The summed E-state index contributed by atoms with van der Waals surface area (Å²) >= 11 is 0. The van der Waals surface area contributed by atoms with Crippen molar-refractivity contribution in [3.63, 3.8) is 0 Å². The molecule has 0 unspecified atom stereocenters. The summed E-state index contributed by atoms with van der Waals surface area (Å²) in [7, 11) is -2.25. The second-order valence-corrected chi connectivity index (χ2v) is 12.7. The molecule has 2 aromatic heterocycles. The van der Waals surface area contributed by atoms with Crippen LogP contribution < -0.4 is 14.4 Å². The van der Waals surface area contributed by atoms with Gasteiger partial charge in [0.05, 0.1) is 43.9 Å². The van der Waals surface area contributed by atoms with Crippen molar-refractivity contribution in [1.82, 2.24) is 19.9 Å². The van der Waals surface area contributed by atoms with E-state index in [0.717, 1.165) is 32.2 Å². The van der Waals surface area contributed by atoms with Crippen LogP contribution in [0.5, 0.6) is 5.88 Å². The maximum atomic E-state index is 15.2. The van der Waals surface area contributed by atoms with E-state index in [1.54, 1.807) is 6.07 Å². The first-order valence-electron chi connectivity index (χ1n) is 14.5. The number of piperidine rings is 1. The van der Waals surface area contributed by atoms with Crippen LogP contribution in [-0.4, -0.2) is 105 Å². The number of ether oxygens (including phenoxy) is 3. The summed E-state index contributed by atoms with van der Waals surface area (Å²) in [5.74, 6) is -0.717. The third kappa shape index (κ3) is 8.08. The number of hydrogen-bond donors (Lipinski definition) is 2. The number of carbonyl (C=O) groups is 1. The summed E-state index contributed by atoms with van der Waals surface area (Å²) in [5.41, 5.74) is 2.32. The minimum absolute atomic E-state index is 0.0588. The Labute approximate surface area is 255 Å². The van der Waals surface area contributed by atoms with E-state index >= 15 is 4.39 Å². The topological polar surface area (TPSA) is 156 Å². The van der Waals surface area contributed by atoms with Gasteiger partial charge in [0.2, 0.25) is 21.9 Å². The first kappa shape index (κ1) is 31.8. The zero-order valence-electron chi connectivity index (χ0n) is 24.8. The number of carboxylic acid groups (broad SMARTS) is 1. The number of rotatable bonds is 12. The standard InChI is InChI=1S/C29H37FN6O7S/c1-41-28-24(34-44(2,39)40)15-19(17-31-28)26-23-16-21(30)14-20(27(23)33-29(32-26)36-9-12-42-13-10-36)18-35-7-5-22(6-8-35)43-11-3-4-25(37)38/h14-17,22,34H,3-13,18H2,1-2H3,(H,37,38). The van der Waals surface area contributed by atoms with Gasteiger partial charge in [-0.1, -0.05) is 0 Å². The molecule has 0 radical (unpaired) electrons. The minimum Gasteiger partial charge on any atom is -0.481 e. The van der Waals surface area contributed by atoms with E-state index < -0.39 is 21.8 Å². The normalized spacial score (nSPS) is 16.8. The Bertz CT molecular complexity index is 1590. The van der Waals surface area contributed by atoms with Gasteiger partial charge in [0.15, 0.2) is 0 Å². The van der Waals surface area contributed by atoms with E-state index in [0.29, 0.717) is 79.5 Å². The number of carboxylic acids is 1. The van der Waals surface area contributed by atoms with Crippen molar-refractivity contribution in [2.45, 2.75) is 38.3 Å². The number of anilines is 2. The summed E-state index contributed by atoms with van der Waals surface area (Å²) in [6.45, 7) is 4.56. The third-order valence-electron chi connectivity index (χ3n) is 7.56. The molecule has 2 saturated heterocycles. The number of hydrogen-bond acceptors (Lipinski definition) is 11.